The van der Waals surface area contributed by atoms with Gasteiger partial charge in [-0.3, -0.25) is 5.32 Å². The highest BCUT2D eigenvalue weighted by Crippen LogP contribution is 2.30. The third kappa shape index (κ3) is 4.76. The average Bonchev–Trinajstić information content (AvgIpc) is 2.27. The normalized spacial score (nSPS) is 21.7. The molecule has 0 spiro atoms. The monoisotopic (exact) mass is 240 g/mol. The van der Waals surface area contributed by atoms with Crippen molar-refractivity contribution in [1.29, 1.82) is 5.26 Å². The SMILES string of the molecule is CC(C)NC(C)(C#N)CSC1CCCCC1. The molecule has 1 saturated carbocycles. The van der Waals surface area contributed by atoms with E-state index in [4.69, 9.17) is 0 Å². The number of hydrogen-bond donors (Lipinski definition) is 1. The fourth-order valence-corrected chi connectivity index (χ4v) is 3.64. The van der Waals surface area contributed by atoms with Crippen LogP contribution in [0, 0.1) is 11.3 Å². The van der Waals surface area contributed by atoms with E-state index in [0.29, 0.717) is 6.04 Å². The van der Waals surface area contributed by atoms with Gasteiger partial charge in [0, 0.05) is 17.0 Å². The maximum Gasteiger partial charge on any atom is 0.113 e. The summed E-state index contributed by atoms with van der Waals surface area (Å²) in [5.74, 6) is 0.909. The summed E-state index contributed by atoms with van der Waals surface area (Å²) in [6.07, 6.45) is 6.83. The van der Waals surface area contributed by atoms with E-state index in [1.54, 1.807) is 0 Å². The van der Waals surface area contributed by atoms with Gasteiger partial charge in [0.15, 0.2) is 0 Å². The van der Waals surface area contributed by atoms with Crippen LogP contribution in [-0.4, -0.2) is 22.6 Å². The van der Waals surface area contributed by atoms with Crippen LogP contribution >= 0.6 is 11.8 Å². The van der Waals surface area contributed by atoms with Crippen LogP contribution in [0.5, 0.6) is 0 Å². The highest BCUT2D eigenvalue weighted by Gasteiger charge is 2.26. The highest BCUT2D eigenvalue weighted by molar-refractivity contribution is 8.00. The Bertz CT molecular complexity index is 241. The Hall–Kier alpha value is -0.200. The summed E-state index contributed by atoms with van der Waals surface area (Å²) in [6, 6.07) is 2.79. The van der Waals surface area contributed by atoms with Gasteiger partial charge in [-0.1, -0.05) is 19.3 Å². The lowest BCUT2D eigenvalue weighted by Crippen LogP contribution is -2.47. The Morgan fingerprint density at radius 3 is 2.50 bits per heavy atom. The molecular formula is C13H24N2S. The van der Waals surface area contributed by atoms with Gasteiger partial charge in [0.25, 0.3) is 0 Å². The van der Waals surface area contributed by atoms with Crippen molar-refractivity contribution in [2.45, 2.75) is 69.7 Å². The number of nitrogens with zero attached hydrogens (tertiary/aromatic N) is 1. The summed E-state index contributed by atoms with van der Waals surface area (Å²) in [7, 11) is 0. The van der Waals surface area contributed by atoms with Crippen molar-refractivity contribution < 1.29 is 0 Å². The maximum atomic E-state index is 9.24. The van der Waals surface area contributed by atoms with Gasteiger partial charge < -0.3 is 0 Å². The minimum absolute atomic E-state index is 0.365. The molecule has 0 saturated heterocycles. The third-order valence-electron chi connectivity index (χ3n) is 3.01. The molecule has 1 fully saturated rings. The molecule has 2 nitrogen and oxygen atoms in total. The topological polar surface area (TPSA) is 35.8 Å². The van der Waals surface area contributed by atoms with Crippen LogP contribution in [0.3, 0.4) is 0 Å². The number of hydrogen-bond acceptors (Lipinski definition) is 3. The summed E-state index contributed by atoms with van der Waals surface area (Å²) < 4.78 is 0. The number of nitriles is 1. The molecule has 0 aromatic rings. The van der Waals surface area contributed by atoms with Crippen LogP contribution < -0.4 is 5.32 Å². The standard InChI is InChI=1S/C13H24N2S/c1-11(2)15-13(3,9-14)10-16-12-7-5-4-6-8-12/h11-12,15H,4-8,10H2,1-3H3. The first-order chi connectivity index (χ1) is 7.56. The lowest BCUT2D eigenvalue weighted by Gasteiger charge is -2.29. The van der Waals surface area contributed by atoms with Crippen LogP contribution in [0.25, 0.3) is 0 Å². The summed E-state index contributed by atoms with van der Waals surface area (Å²) in [6.45, 7) is 6.21. The molecule has 0 heterocycles. The molecule has 1 rings (SSSR count). The summed E-state index contributed by atoms with van der Waals surface area (Å²) in [4.78, 5) is 0. The number of thioether (sulfide) groups is 1. The number of rotatable bonds is 5. The third-order valence-corrected chi connectivity index (χ3v) is 4.70. The van der Waals surface area contributed by atoms with E-state index in [1.807, 2.05) is 18.7 Å². The van der Waals surface area contributed by atoms with Crippen LogP contribution in [-0.2, 0) is 0 Å². The van der Waals surface area contributed by atoms with Crippen molar-refractivity contribution in [2.75, 3.05) is 5.75 Å². The Labute approximate surface area is 104 Å². The zero-order chi connectivity index (χ0) is 12.0. The van der Waals surface area contributed by atoms with Crippen molar-refractivity contribution in [3.8, 4) is 6.07 Å². The second-order valence-electron chi connectivity index (χ2n) is 5.31. The Morgan fingerprint density at radius 2 is 2.00 bits per heavy atom. The van der Waals surface area contributed by atoms with Gasteiger partial charge in [-0.2, -0.15) is 17.0 Å². The van der Waals surface area contributed by atoms with E-state index < -0.39 is 0 Å². The fourth-order valence-electron chi connectivity index (χ4n) is 2.26. The Kier molecular flexibility index (Phi) is 5.64. The largest absolute Gasteiger partial charge is 0.297 e. The second-order valence-corrected chi connectivity index (χ2v) is 6.60. The Morgan fingerprint density at radius 1 is 1.38 bits per heavy atom. The average molecular weight is 240 g/mol. The maximum absolute atomic E-state index is 9.24. The van der Waals surface area contributed by atoms with E-state index >= 15 is 0 Å². The molecule has 0 amide bonds. The molecule has 92 valence electrons. The molecular weight excluding hydrogens is 216 g/mol. The molecule has 1 atom stereocenters. The van der Waals surface area contributed by atoms with Crippen molar-refractivity contribution in [2.24, 2.45) is 0 Å². The van der Waals surface area contributed by atoms with Gasteiger partial charge in [-0.15, -0.1) is 0 Å². The van der Waals surface area contributed by atoms with Gasteiger partial charge in [0.2, 0.25) is 0 Å². The lowest BCUT2D eigenvalue weighted by atomic mass is 10.0. The molecule has 0 aromatic heterocycles. The molecule has 3 heteroatoms. The van der Waals surface area contributed by atoms with Gasteiger partial charge in [0.05, 0.1) is 6.07 Å². The summed E-state index contributed by atoms with van der Waals surface area (Å²) in [5, 5.41) is 13.4. The van der Waals surface area contributed by atoms with Gasteiger partial charge in [0.1, 0.15) is 5.54 Å². The van der Waals surface area contributed by atoms with Crippen LogP contribution in [0.15, 0.2) is 0 Å². The van der Waals surface area contributed by atoms with E-state index in [2.05, 4.69) is 25.2 Å². The first kappa shape index (κ1) is 13.9. The predicted octanol–water partition coefficient (Wildman–Crippen LogP) is 3.33. The van der Waals surface area contributed by atoms with Gasteiger partial charge in [-0.25, -0.2) is 0 Å². The number of nitrogens with one attached hydrogen (secondary N) is 1. The van der Waals surface area contributed by atoms with Crippen molar-refractivity contribution in [3.05, 3.63) is 0 Å². The van der Waals surface area contributed by atoms with E-state index in [9.17, 15) is 5.26 Å². The first-order valence-electron chi connectivity index (χ1n) is 6.36. The van der Waals surface area contributed by atoms with Gasteiger partial charge in [-0.05, 0) is 33.6 Å². The zero-order valence-electron chi connectivity index (χ0n) is 10.8. The van der Waals surface area contributed by atoms with Crippen LogP contribution in [0.2, 0.25) is 0 Å². The van der Waals surface area contributed by atoms with Crippen molar-refractivity contribution in [3.63, 3.8) is 0 Å². The van der Waals surface area contributed by atoms with E-state index in [-0.39, 0.29) is 5.54 Å². The quantitative estimate of drug-likeness (QED) is 0.800. The van der Waals surface area contributed by atoms with Crippen molar-refractivity contribution in [1.82, 2.24) is 5.32 Å². The smallest absolute Gasteiger partial charge is 0.113 e. The molecule has 1 unspecified atom stereocenters. The summed E-state index contributed by atoms with van der Waals surface area (Å²) >= 11 is 1.99. The summed E-state index contributed by atoms with van der Waals surface area (Å²) in [5.41, 5.74) is -0.365. The Balaban J connectivity index is 2.35. The minimum atomic E-state index is -0.365. The van der Waals surface area contributed by atoms with Crippen molar-refractivity contribution >= 4 is 11.8 Å². The molecule has 1 N–H and O–H groups in total. The lowest BCUT2D eigenvalue weighted by molar-refractivity contribution is 0.441. The van der Waals surface area contributed by atoms with E-state index in [1.165, 1.54) is 32.1 Å². The zero-order valence-corrected chi connectivity index (χ0v) is 11.6. The minimum Gasteiger partial charge on any atom is -0.297 e. The highest BCUT2D eigenvalue weighted by atomic mass is 32.2. The van der Waals surface area contributed by atoms with Gasteiger partial charge >= 0.3 is 0 Å². The molecule has 16 heavy (non-hydrogen) atoms. The molecule has 0 aromatic carbocycles. The molecule has 0 aliphatic heterocycles. The van der Waals surface area contributed by atoms with Crippen LogP contribution in [0.1, 0.15) is 52.9 Å². The second kappa shape index (κ2) is 6.51. The molecule has 0 radical (unpaired) electrons. The molecule has 1 aliphatic rings. The molecule has 1 aliphatic carbocycles. The first-order valence-corrected chi connectivity index (χ1v) is 7.41. The van der Waals surface area contributed by atoms with E-state index in [0.717, 1.165) is 11.0 Å². The van der Waals surface area contributed by atoms with Crippen LogP contribution in [0.4, 0.5) is 0 Å². The fraction of sp³-hybridized carbons (Fsp3) is 0.923. The predicted molar refractivity (Wildman–Crippen MR) is 71.6 cm³/mol. The molecule has 0 bridgehead atoms.